The molecule has 2 atom stereocenters. The van der Waals surface area contributed by atoms with Crippen LogP contribution in [-0.4, -0.2) is 22.4 Å². The summed E-state index contributed by atoms with van der Waals surface area (Å²) in [5, 5.41) is 5.33. The molecule has 4 heteroatoms. The van der Waals surface area contributed by atoms with Crippen LogP contribution in [0, 0.1) is 0 Å². The van der Waals surface area contributed by atoms with E-state index in [1.54, 1.807) is 0 Å². The van der Waals surface area contributed by atoms with E-state index in [2.05, 4.69) is 101 Å². The Morgan fingerprint density at radius 1 is 0.812 bits per heavy atom. The van der Waals surface area contributed by atoms with Gasteiger partial charge in [0.2, 0.25) is 0 Å². The van der Waals surface area contributed by atoms with Gasteiger partial charge in [-0.15, -0.1) is 0 Å². The van der Waals surface area contributed by atoms with Gasteiger partial charge < -0.3 is 0 Å². The van der Waals surface area contributed by atoms with Crippen LogP contribution in [0.2, 0.25) is 0 Å². The van der Waals surface area contributed by atoms with Crippen LogP contribution in [0.25, 0.3) is 21.5 Å². The van der Waals surface area contributed by atoms with Gasteiger partial charge in [0, 0.05) is 25.7 Å². The zero-order valence-electron chi connectivity index (χ0n) is 18.8. The minimum Gasteiger partial charge on any atom is -0.285 e. The summed E-state index contributed by atoms with van der Waals surface area (Å²) < 4.78 is 5.10. The highest BCUT2D eigenvalue weighted by Gasteiger charge is 2.35. The fourth-order valence-electron chi connectivity index (χ4n) is 5.07. The molecule has 32 heavy (non-hydrogen) atoms. The molecule has 5 rings (SSSR count). The molecule has 2 unspecified atom stereocenters. The molecule has 0 spiro atoms. The molecule has 3 nitrogen and oxygen atoms in total. The van der Waals surface area contributed by atoms with Crippen molar-refractivity contribution in [3.05, 3.63) is 96.1 Å². The first-order chi connectivity index (χ1) is 15.8. The first-order valence-corrected chi connectivity index (χ1v) is 13.1. The summed E-state index contributed by atoms with van der Waals surface area (Å²) in [6, 6.07) is 31.2. The van der Waals surface area contributed by atoms with Crippen molar-refractivity contribution in [1.29, 1.82) is 0 Å². The maximum absolute atomic E-state index is 6.99. The molecule has 1 aliphatic rings. The van der Waals surface area contributed by atoms with E-state index in [4.69, 9.17) is 5.50 Å². The molecule has 2 N–H and O–H groups in total. The molecule has 0 amide bonds. The fourth-order valence-corrected chi connectivity index (χ4v) is 6.80. The summed E-state index contributed by atoms with van der Waals surface area (Å²) in [5.41, 5.74) is 9.79. The summed E-state index contributed by atoms with van der Waals surface area (Å²) in [6.45, 7) is 5.25. The lowest BCUT2D eigenvalue weighted by Gasteiger charge is -2.33. The molecule has 1 heterocycles. The maximum Gasteiger partial charge on any atom is 0.115 e. The summed E-state index contributed by atoms with van der Waals surface area (Å²) in [7, 11) is -0.839. The summed E-state index contributed by atoms with van der Waals surface area (Å²) in [5.74, 6) is 0. The number of benzene rings is 4. The quantitative estimate of drug-likeness (QED) is 0.307. The van der Waals surface area contributed by atoms with Gasteiger partial charge in [-0.2, -0.15) is 0 Å². The molecule has 4 aromatic rings. The second kappa shape index (κ2) is 9.68. The third-order valence-corrected chi connectivity index (χ3v) is 8.67. The van der Waals surface area contributed by atoms with Gasteiger partial charge in [-0.1, -0.05) is 105 Å². The Morgan fingerprint density at radius 2 is 1.47 bits per heavy atom. The Balaban J connectivity index is 1.43. The van der Waals surface area contributed by atoms with E-state index in [1.807, 2.05) is 0 Å². The molecule has 164 valence electrons. The molecule has 1 fully saturated rings. The number of nitrogens with two attached hydrogens (primary N) is 1. The van der Waals surface area contributed by atoms with Gasteiger partial charge in [0.1, 0.15) is 8.37 Å². The lowest BCUT2D eigenvalue weighted by atomic mass is 9.95. The van der Waals surface area contributed by atoms with Crippen LogP contribution in [0.1, 0.15) is 43.4 Å². The van der Waals surface area contributed by atoms with Crippen LogP contribution in [0.3, 0.4) is 0 Å². The van der Waals surface area contributed by atoms with E-state index < -0.39 is 8.37 Å². The third kappa shape index (κ3) is 4.19. The normalized spacial score (nSPS) is 18.5. The van der Waals surface area contributed by atoms with Gasteiger partial charge >= 0.3 is 0 Å². The van der Waals surface area contributed by atoms with Crippen molar-refractivity contribution in [3.63, 3.8) is 0 Å². The summed E-state index contributed by atoms with van der Waals surface area (Å²) in [4.78, 5) is 0. The van der Waals surface area contributed by atoms with E-state index in [9.17, 15) is 0 Å². The van der Waals surface area contributed by atoms with Crippen molar-refractivity contribution in [1.82, 2.24) is 9.34 Å². The van der Waals surface area contributed by atoms with E-state index in [-0.39, 0.29) is 0 Å². The largest absolute Gasteiger partial charge is 0.285 e. The van der Waals surface area contributed by atoms with Crippen LogP contribution >= 0.6 is 8.37 Å². The Kier molecular flexibility index (Phi) is 6.52. The van der Waals surface area contributed by atoms with Gasteiger partial charge in [-0.3, -0.25) is 10.2 Å². The summed E-state index contributed by atoms with van der Waals surface area (Å²) >= 11 is 0. The minimum atomic E-state index is -0.839. The number of rotatable bonds is 7. The number of hydrogen-bond acceptors (Lipinski definition) is 3. The lowest BCUT2D eigenvalue weighted by molar-refractivity contribution is 0.344. The van der Waals surface area contributed by atoms with Crippen molar-refractivity contribution in [2.45, 2.75) is 38.8 Å². The molecule has 0 radical (unpaired) electrons. The molecule has 4 aromatic carbocycles. The molecule has 1 aliphatic heterocycles. The van der Waals surface area contributed by atoms with Gasteiger partial charge in [0.05, 0.1) is 0 Å². The van der Waals surface area contributed by atoms with E-state index in [0.717, 1.165) is 26.1 Å². The van der Waals surface area contributed by atoms with E-state index in [1.165, 1.54) is 45.5 Å². The van der Waals surface area contributed by atoms with Crippen LogP contribution in [0.15, 0.2) is 84.9 Å². The zero-order valence-corrected chi connectivity index (χ0v) is 19.7. The number of fused-ring (bicyclic) bond motifs is 2. The molecule has 0 aromatic heterocycles. The van der Waals surface area contributed by atoms with Gasteiger partial charge in [0.25, 0.3) is 0 Å². The zero-order chi connectivity index (χ0) is 21.9. The Bertz CT molecular complexity index is 1200. The molecular weight excluding hydrogens is 409 g/mol. The van der Waals surface area contributed by atoms with E-state index >= 15 is 0 Å². The standard InChI is InChI=1S/C28H32N3P/c1-2-3-18-28(27-17-9-13-23-11-5-7-16-26(23)27)31-20-19-30(32(31)29)21-24-14-8-12-22-10-4-6-15-25(22)24/h4-17,28H,2-3,18-21,29H2,1H3. The van der Waals surface area contributed by atoms with Crippen LogP contribution < -0.4 is 5.50 Å². The highest BCUT2D eigenvalue weighted by molar-refractivity contribution is 7.50. The van der Waals surface area contributed by atoms with Crippen molar-refractivity contribution < 1.29 is 0 Å². The number of nitrogens with zero attached hydrogens (tertiary/aromatic N) is 2. The van der Waals surface area contributed by atoms with Gasteiger partial charge in [0.15, 0.2) is 0 Å². The monoisotopic (exact) mass is 441 g/mol. The van der Waals surface area contributed by atoms with Crippen molar-refractivity contribution >= 4 is 29.9 Å². The SMILES string of the molecule is CCCCC(c1cccc2ccccc12)N1CCN(Cc2cccc3ccccc23)P1N. The smallest absolute Gasteiger partial charge is 0.115 e. The molecule has 1 saturated heterocycles. The minimum absolute atomic E-state index is 0.370. The van der Waals surface area contributed by atoms with Crippen molar-refractivity contribution in [3.8, 4) is 0 Å². The molecular formula is C28H32N3P. The average molecular weight is 442 g/mol. The Labute approximate surface area is 192 Å². The highest BCUT2D eigenvalue weighted by Crippen LogP contribution is 2.50. The van der Waals surface area contributed by atoms with E-state index in [0.29, 0.717) is 6.04 Å². The highest BCUT2D eigenvalue weighted by atomic mass is 31.1. The van der Waals surface area contributed by atoms with Crippen molar-refractivity contribution in [2.24, 2.45) is 5.50 Å². The number of hydrogen-bond donors (Lipinski definition) is 1. The summed E-state index contributed by atoms with van der Waals surface area (Å²) in [6.07, 6.45) is 3.58. The first kappa shape index (κ1) is 21.6. The van der Waals surface area contributed by atoms with Crippen molar-refractivity contribution in [2.75, 3.05) is 13.1 Å². The fraction of sp³-hybridized carbons (Fsp3) is 0.286. The van der Waals surface area contributed by atoms with Crippen LogP contribution in [0.4, 0.5) is 0 Å². The Hall–Kier alpha value is -2.29. The maximum atomic E-state index is 6.99. The van der Waals surface area contributed by atoms with Gasteiger partial charge in [-0.25, -0.2) is 4.67 Å². The molecule has 0 saturated carbocycles. The topological polar surface area (TPSA) is 32.5 Å². The second-order valence-corrected chi connectivity index (χ2v) is 10.5. The van der Waals surface area contributed by atoms with Gasteiger partial charge in [-0.05, 0) is 39.1 Å². The average Bonchev–Trinajstić information content (AvgIpc) is 3.19. The Morgan fingerprint density at radius 3 is 2.25 bits per heavy atom. The molecule has 0 bridgehead atoms. The molecule has 0 aliphatic carbocycles. The third-order valence-electron chi connectivity index (χ3n) is 6.75. The number of unbranched alkanes of at least 4 members (excludes halogenated alkanes) is 1. The second-order valence-electron chi connectivity index (χ2n) is 8.74. The van der Waals surface area contributed by atoms with Crippen LogP contribution in [0.5, 0.6) is 0 Å². The van der Waals surface area contributed by atoms with Crippen LogP contribution in [-0.2, 0) is 6.54 Å². The first-order valence-electron chi connectivity index (χ1n) is 11.8. The predicted molar refractivity (Wildman–Crippen MR) is 138 cm³/mol. The predicted octanol–water partition coefficient (Wildman–Crippen LogP) is 7.23. The lowest BCUT2D eigenvalue weighted by Crippen LogP contribution is -2.25.